The van der Waals surface area contributed by atoms with E-state index in [4.69, 9.17) is 12.2 Å². The van der Waals surface area contributed by atoms with Crippen molar-refractivity contribution in [3.63, 3.8) is 0 Å². The van der Waals surface area contributed by atoms with Crippen LogP contribution in [0.3, 0.4) is 0 Å². The van der Waals surface area contributed by atoms with Crippen molar-refractivity contribution in [3.8, 4) is 0 Å². The number of thiocarbonyl (C=S) groups is 1. The summed E-state index contributed by atoms with van der Waals surface area (Å²) in [6, 6.07) is -0.0949. The van der Waals surface area contributed by atoms with E-state index in [9.17, 15) is 4.79 Å². The number of hydrogen-bond donors (Lipinski definition) is 1. The molecule has 1 atom stereocenters. The van der Waals surface area contributed by atoms with E-state index in [1.54, 1.807) is 7.05 Å². The smallest absolute Gasteiger partial charge is 0.251 e. The first-order valence-electron chi connectivity index (χ1n) is 4.10. The molecular formula is C8H14N2OS. The van der Waals surface area contributed by atoms with E-state index in [0.717, 1.165) is 6.42 Å². The highest BCUT2D eigenvalue weighted by Gasteiger charge is 2.32. The van der Waals surface area contributed by atoms with Crippen molar-refractivity contribution < 1.29 is 4.79 Å². The zero-order valence-electron chi connectivity index (χ0n) is 7.63. The monoisotopic (exact) mass is 186 g/mol. The maximum absolute atomic E-state index is 11.4. The molecule has 1 amide bonds. The minimum Gasteiger partial charge on any atom is -0.350 e. The molecule has 4 heteroatoms. The molecule has 1 rings (SSSR count). The molecule has 0 aromatic carbocycles. The van der Waals surface area contributed by atoms with E-state index in [2.05, 4.69) is 19.2 Å². The van der Waals surface area contributed by atoms with Crippen molar-refractivity contribution in [2.24, 2.45) is 5.92 Å². The molecule has 1 heterocycles. The summed E-state index contributed by atoms with van der Waals surface area (Å²) in [5, 5.41) is 3.54. The largest absolute Gasteiger partial charge is 0.350 e. The molecule has 1 aliphatic heterocycles. The highest BCUT2D eigenvalue weighted by molar-refractivity contribution is 7.80. The van der Waals surface area contributed by atoms with Crippen LogP contribution in [0.15, 0.2) is 0 Å². The van der Waals surface area contributed by atoms with Crippen molar-refractivity contribution in [2.75, 3.05) is 7.05 Å². The molecule has 0 aromatic heterocycles. The number of nitrogens with one attached hydrogen (secondary N) is 1. The fourth-order valence-corrected chi connectivity index (χ4v) is 1.50. The van der Waals surface area contributed by atoms with Gasteiger partial charge in [-0.3, -0.25) is 9.69 Å². The summed E-state index contributed by atoms with van der Waals surface area (Å²) < 4.78 is 0. The first kappa shape index (κ1) is 9.45. The number of likely N-dealkylation sites (N-methyl/N-ethyl adjacent to an activating group) is 1. The lowest BCUT2D eigenvalue weighted by molar-refractivity contribution is -0.126. The number of carbonyl (C=O) groups is 1. The van der Waals surface area contributed by atoms with Gasteiger partial charge in [0.2, 0.25) is 0 Å². The van der Waals surface area contributed by atoms with Gasteiger partial charge in [-0.05, 0) is 24.6 Å². The second-order valence-electron chi connectivity index (χ2n) is 3.53. The Morgan fingerprint density at radius 1 is 1.67 bits per heavy atom. The number of hydrogen-bond acceptors (Lipinski definition) is 2. The molecule has 0 aliphatic carbocycles. The zero-order chi connectivity index (χ0) is 9.30. The lowest BCUT2D eigenvalue weighted by Gasteiger charge is -2.10. The average Bonchev–Trinajstić information content (AvgIpc) is 2.17. The lowest BCUT2D eigenvalue weighted by Crippen LogP contribution is -2.30. The summed E-state index contributed by atoms with van der Waals surface area (Å²) in [6.07, 6.45) is 0.851. The highest BCUT2D eigenvalue weighted by atomic mass is 32.1. The second kappa shape index (κ2) is 3.39. The standard InChI is InChI=1S/C8H14N2OS/c1-5(2)4-6-7(11)10(3)8(12)9-6/h5-6H,4H2,1-3H3,(H,9,12)/t6-/m1/s1. The predicted molar refractivity (Wildman–Crippen MR) is 51.7 cm³/mol. The van der Waals surface area contributed by atoms with Crippen molar-refractivity contribution >= 4 is 23.2 Å². The van der Waals surface area contributed by atoms with Crippen molar-refractivity contribution in [3.05, 3.63) is 0 Å². The molecule has 1 N–H and O–H groups in total. The lowest BCUT2D eigenvalue weighted by atomic mass is 10.0. The molecule has 0 bridgehead atoms. The van der Waals surface area contributed by atoms with Gasteiger partial charge < -0.3 is 5.32 Å². The maximum atomic E-state index is 11.4. The minimum absolute atomic E-state index is 0.0914. The van der Waals surface area contributed by atoms with Crippen molar-refractivity contribution in [2.45, 2.75) is 26.3 Å². The Morgan fingerprint density at radius 2 is 2.25 bits per heavy atom. The molecule has 0 unspecified atom stereocenters. The normalized spacial score (nSPS) is 23.7. The molecule has 1 fully saturated rings. The first-order chi connectivity index (χ1) is 5.52. The van der Waals surface area contributed by atoms with Crippen LogP contribution in [-0.4, -0.2) is 29.0 Å². The van der Waals surface area contributed by atoms with Crippen LogP contribution in [-0.2, 0) is 4.79 Å². The molecule has 0 aromatic rings. The van der Waals surface area contributed by atoms with Gasteiger partial charge in [0.15, 0.2) is 5.11 Å². The molecule has 1 aliphatic rings. The Hall–Kier alpha value is -0.640. The molecule has 0 radical (unpaired) electrons. The summed E-state index contributed by atoms with van der Waals surface area (Å²) in [4.78, 5) is 12.9. The van der Waals surface area contributed by atoms with Crippen LogP contribution in [0.4, 0.5) is 0 Å². The van der Waals surface area contributed by atoms with E-state index in [1.165, 1.54) is 4.90 Å². The summed E-state index contributed by atoms with van der Waals surface area (Å²) in [5.41, 5.74) is 0. The maximum Gasteiger partial charge on any atom is 0.251 e. The Morgan fingerprint density at radius 3 is 2.58 bits per heavy atom. The van der Waals surface area contributed by atoms with Gasteiger partial charge in [-0.15, -0.1) is 0 Å². The summed E-state index contributed by atoms with van der Waals surface area (Å²) in [6.45, 7) is 4.19. The van der Waals surface area contributed by atoms with Crippen LogP contribution in [0, 0.1) is 5.92 Å². The van der Waals surface area contributed by atoms with Crippen LogP contribution in [0.2, 0.25) is 0 Å². The Balaban J connectivity index is 2.59. The van der Waals surface area contributed by atoms with Crippen LogP contribution in [0.5, 0.6) is 0 Å². The third-order valence-electron chi connectivity index (χ3n) is 1.94. The third kappa shape index (κ3) is 1.75. The van der Waals surface area contributed by atoms with E-state index in [-0.39, 0.29) is 11.9 Å². The van der Waals surface area contributed by atoms with E-state index in [0.29, 0.717) is 11.0 Å². The molecule has 12 heavy (non-hydrogen) atoms. The summed E-state index contributed by atoms with van der Waals surface area (Å²) in [5.74, 6) is 0.606. The number of carbonyl (C=O) groups excluding carboxylic acids is 1. The van der Waals surface area contributed by atoms with Gasteiger partial charge in [-0.1, -0.05) is 13.8 Å². The van der Waals surface area contributed by atoms with Gasteiger partial charge in [-0.2, -0.15) is 0 Å². The number of rotatable bonds is 2. The molecule has 68 valence electrons. The number of amides is 1. The topological polar surface area (TPSA) is 32.3 Å². The minimum atomic E-state index is -0.0949. The average molecular weight is 186 g/mol. The fourth-order valence-electron chi connectivity index (χ4n) is 1.27. The highest BCUT2D eigenvalue weighted by Crippen LogP contribution is 2.12. The van der Waals surface area contributed by atoms with Gasteiger partial charge >= 0.3 is 0 Å². The molecule has 1 saturated heterocycles. The van der Waals surface area contributed by atoms with Gasteiger partial charge in [0.25, 0.3) is 5.91 Å². The van der Waals surface area contributed by atoms with Crippen LogP contribution >= 0.6 is 12.2 Å². The van der Waals surface area contributed by atoms with Crippen LogP contribution in [0.1, 0.15) is 20.3 Å². The molecule has 3 nitrogen and oxygen atoms in total. The van der Waals surface area contributed by atoms with Crippen molar-refractivity contribution in [1.82, 2.24) is 10.2 Å². The Labute approximate surface area is 78.1 Å². The van der Waals surface area contributed by atoms with E-state index < -0.39 is 0 Å². The molecular weight excluding hydrogens is 172 g/mol. The molecule has 0 saturated carbocycles. The predicted octanol–water partition coefficient (Wildman–Crippen LogP) is 0.748. The van der Waals surface area contributed by atoms with Gasteiger partial charge in [0, 0.05) is 7.05 Å². The third-order valence-corrected chi connectivity index (χ3v) is 2.33. The van der Waals surface area contributed by atoms with E-state index in [1.807, 2.05) is 0 Å². The summed E-state index contributed by atoms with van der Waals surface area (Å²) in [7, 11) is 1.71. The molecule has 0 spiro atoms. The van der Waals surface area contributed by atoms with E-state index >= 15 is 0 Å². The first-order valence-corrected chi connectivity index (χ1v) is 4.51. The second-order valence-corrected chi connectivity index (χ2v) is 3.92. The summed E-state index contributed by atoms with van der Waals surface area (Å²) >= 11 is 4.94. The van der Waals surface area contributed by atoms with Crippen molar-refractivity contribution in [1.29, 1.82) is 0 Å². The van der Waals surface area contributed by atoms with Crippen LogP contribution in [0.25, 0.3) is 0 Å². The quantitative estimate of drug-likeness (QED) is 0.646. The Kier molecular flexibility index (Phi) is 2.67. The SMILES string of the molecule is CC(C)C[C@H]1NC(=S)N(C)C1=O. The van der Waals surface area contributed by atoms with Gasteiger partial charge in [0.1, 0.15) is 6.04 Å². The Bertz CT molecular complexity index is 215. The fraction of sp³-hybridized carbons (Fsp3) is 0.750. The number of nitrogens with zero attached hydrogens (tertiary/aromatic N) is 1. The zero-order valence-corrected chi connectivity index (χ0v) is 8.44. The van der Waals surface area contributed by atoms with Gasteiger partial charge in [0.05, 0.1) is 0 Å². The van der Waals surface area contributed by atoms with Gasteiger partial charge in [-0.25, -0.2) is 0 Å². The van der Waals surface area contributed by atoms with Crippen LogP contribution < -0.4 is 5.32 Å².